The van der Waals surface area contributed by atoms with Crippen LogP contribution in [0.4, 0.5) is 0 Å². The molecule has 1 aromatic heterocycles. The summed E-state index contributed by atoms with van der Waals surface area (Å²) in [5, 5.41) is 0.764. The van der Waals surface area contributed by atoms with Crippen molar-refractivity contribution in [3.63, 3.8) is 0 Å². The van der Waals surface area contributed by atoms with E-state index in [4.69, 9.17) is 0 Å². The minimum atomic E-state index is -0.516. The van der Waals surface area contributed by atoms with Gasteiger partial charge < -0.3 is 9.72 Å². The molecule has 4 heteroatoms. The number of Topliss-reactive ketones (excluding diaryl/α,β-unsaturated/α-hetero) is 1. The normalized spacial score (nSPS) is 10.5. The van der Waals surface area contributed by atoms with Gasteiger partial charge in [-0.3, -0.25) is 4.79 Å². The molecule has 0 aliphatic heterocycles. The number of hydrogen-bond donors (Lipinski definition) is 1. The molecule has 4 nitrogen and oxygen atoms in total. The molecule has 1 N–H and O–H groups in total. The zero-order valence-electron chi connectivity index (χ0n) is 9.74. The Labute approximate surface area is 98.6 Å². The Hall–Kier alpha value is -2.10. The number of ether oxygens (including phenoxy) is 1. The third-order valence-electron chi connectivity index (χ3n) is 2.70. The summed E-state index contributed by atoms with van der Waals surface area (Å²) in [6.07, 6.45) is 0.353. The second-order valence-corrected chi connectivity index (χ2v) is 3.69. The molecule has 0 amide bonds. The zero-order chi connectivity index (χ0) is 12.4. The first-order valence-corrected chi connectivity index (χ1v) is 5.41. The number of para-hydroxylation sites is 1. The van der Waals surface area contributed by atoms with E-state index in [1.165, 1.54) is 7.11 Å². The van der Waals surface area contributed by atoms with Gasteiger partial charge in [0.15, 0.2) is 5.78 Å². The second-order valence-electron chi connectivity index (χ2n) is 3.69. The first-order valence-electron chi connectivity index (χ1n) is 5.41. The molecule has 0 atom stereocenters. The van der Waals surface area contributed by atoms with Crippen molar-refractivity contribution in [1.82, 2.24) is 4.98 Å². The van der Waals surface area contributed by atoms with Gasteiger partial charge in [0.05, 0.1) is 12.7 Å². The van der Waals surface area contributed by atoms with Crippen LogP contribution in [-0.2, 0) is 4.74 Å². The van der Waals surface area contributed by atoms with Crippen molar-refractivity contribution >= 4 is 22.7 Å². The maximum absolute atomic E-state index is 11.9. The van der Waals surface area contributed by atoms with E-state index in [1.807, 2.05) is 24.3 Å². The summed E-state index contributed by atoms with van der Waals surface area (Å²) in [6, 6.07) is 7.33. The van der Waals surface area contributed by atoms with Crippen LogP contribution >= 0.6 is 0 Å². The molecular weight excluding hydrogens is 218 g/mol. The van der Waals surface area contributed by atoms with Crippen LogP contribution in [0.2, 0.25) is 0 Å². The lowest BCUT2D eigenvalue weighted by atomic mass is 10.0. The Balaban J connectivity index is 2.73. The Morgan fingerprint density at radius 2 is 2.00 bits per heavy atom. The molecule has 0 saturated carbocycles. The van der Waals surface area contributed by atoms with Crippen molar-refractivity contribution in [3.05, 3.63) is 35.5 Å². The number of rotatable bonds is 3. The number of carbonyl (C=O) groups excluding carboxylic acids is 2. The van der Waals surface area contributed by atoms with E-state index in [2.05, 4.69) is 9.72 Å². The van der Waals surface area contributed by atoms with Gasteiger partial charge >= 0.3 is 5.97 Å². The van der Waals surface area contributed by atoms with Crippen molar-refractivity contribution in [2.24, 2.45) is 0 Å². The summed E-state index contributed by atoms with van der Waals surface area (Å²) in [5.74, 6) is -0.583. The van der Waals surface area contributed by atoms with Crippen LogP contribution in [0.3, 0.4) is 0 Å². The third kappa shape index (κ3) is 1.82. The molecule has 0 saturated heterocycles. The van der Waals surface area contributed by atoms with Crippen LogP contribution in [0.5, 0.6) is 0 Å². The highest BCUT2D eigenvalue weighted by molar-refractivity contribution is 6.15. The van der Waals surface area contributed by atoms with Gasteiger partial charge in [-0.25, -0.2) is 4.79 Å². The Kier molecular flexibility index (Phi) is 2.95. The molecule has 0 radical (unpaired) electrons. The summed E-state index contributed by atoms with van der Waals surface area (Å²) < 4.78 is 4.68. The first-order chi connectivity index (χ1) is 8.19. The van der Waals surface area contributed by atoms with E-state index in [1.54, 1.807) is 6.92 Å². The third-order valence-corrected chi connectivity index (χ3v) is 2.70. The number of methoxy groups -OCH3 is 1. The monoisotopic (exact) mass is 231 g/mol. The van der Waals surface area contributed by atoms with E-state index in [0.717, 1.165) is 10.9 Å². The summed E-state index contributed by atoms with van der Waals surface area (Å²) in [4.78, 5) is 26.5. The van der Waals surface area contributed by atoms with Gasteiger partial charge in [0.1, 0.15) is 5.69 Å². The van der Waals surface area contributed by atoms with Crippen LogP contribution in [-0.4, -0.2) is 23.8 Å². The molecule has 0 bridgehead atoms. The average Bonchev–Trinajstić information content (AvgIpc) is 2.76. The van der Waals surface area contributed by atoms with Gasteiger partial charge in [-0.2, -0.15) is 0 Å². The Morgan fingerprint density at radius 1 is 1.29 bits per heavy atom. The molecule has 1 heterocycles. The standard InChI is InChI=1S/C13H13NO3/c1-3-10(15)11-8-6-4-5-7-9(8)14-12(11)13(16)17-2/h4-7,14H,3H2,1-2H3. The highest BCUT2D eigenvalue weighted by Crippen LogP contribution is 2.24. The highest BCUT2D eigenvalue weighted by Gasteiger charge is 2.22. The second kappa shape index (κ2) is 4.41. The number of aromatic nitrogens is 1. The van der Waals surface area contributed by atoms with E-state index in [9.17, 15) is 9.59 Å². The van der Waals surface area contributed by atoms with Crippen LogP contribution in [0.1, 0.15) is 34.2 Å². The lowest BCUT2D eigenvalue weighted by molar-refractivity contribution is 0.0591. The molecule has 17 heavy (non-hydrogen) atoms. The number of hydrogen-bond acceptors (Lipinski definition) is 3. The summed E-state index contributed by atoms with van der Waals surface area (Å²) >= 11 is 0. The number of carbonyl (C=O) groups is 2. The first kappa shape index (κ1) is 11.4. The molecule has 88 valence electrons. The SMILES string of the molecule is CCC(=O)c1c(C(=O)OC)[nH]c2ccccc12. The fraction of sp³-hybridized carbons (Fsp3) is 0.231. The fourth-order valence-corrected chi connectivity index (χ4v) is 1.86. The molecule has 0 aliphatic rings. The van der Waals surface area contributed by atoms with Gasteiger partial charge in [-0.1, -0.05) is 25.1 Å². The lowest BCUT2D eigenvalue weighted by Crippen LogP contribution is -2.08. The van der Waals surface area contributed by atoms with Crippen molar-refractivity contribution in [2.45, 2.75) is 13.3 Å². The lowest BCUT2D eigenvalue weighted by Gasteiger charge is -2.00. The largest absolute Gasteiger partial charge is 0.464 e. The number of ketones is 1. The van der Waals surface area contributed by atoms with Crippen molar-refractivity contribution in [1.29, 1.82) is 0 Å². The van der Waals surface area contributed by atoms with Gasteiger partial charge in [-0.05, 0) is 6.07 Å². The summed E-state index contributed by atoms with van der Waals surface area (Å²) in [5.41, 5.74) is 1.43. The highest BCUT2D eigenvalue weighted by atomic mass is 16.5. The molecular formula is C13H13NO3. The fourth-order valence-electron chi connectivity index (χ4n) is 1.86. The van der Waals surface area contributed by atoms with Crippen LogP contribution in [0, 0.1) is 0 Å². The molecule has 2 rings (SSSR count). The number of esters is 1. The van der Waals surface area contributed by atoms with Crippen molar-refractivity contribution in [2.75, 3.05) is 7.11 Å². The molecule has 1 aromatic carbocycles. The van der Waals surface area contributed by atoms with Crippen molar-refractivity contribution in [3.8, 4) is 0 Å². The number of benzene rings is 1. The Morgan fingerprint density at radius 3 is 2.65 bits per heavy atom. The minimum Gasteiger partial charge on any atom is -0.464 e. The zero-order valence-corrected chi connectivity index (χ0v) is 9.74. The predicted molar refractivity (Wildman–Crippen MR) is 64.3 cm³/mol. The average molecular weight is 231 g/mol. The number of fused-ring (bicyclic) bond motifs is 1. The van der Waals surface area contributed by atoms with Gasteiger partial charge in [0.25, 0.3) is 0 Å². The molecule has 0 unspecified atom stereocenters. The number of nitrogens with one attached hydrogen (secondary N) is 1. The maximum atomic E-state index is 11.9. The molecule has 0 spiro atoms. The van der Waals surface area contributed by atoms with E-state index < -0.39 is 5.97 Å². The van der Waals surface area contributed by atoms with Crippen LogP contribution < -0.4 is 0 Å². The predicted octanol–water partition coefficient (Wildman–Crippen LogP) is 2.55. The molecule has 0 aliphatic carbocycles. The van der Waals surface area contributed by atoms with E-state index >= 15 is 0 Å². The Bertz CT molecular complexity index is 583. The smallest absolute Gasteiger partial charge is 0.355 e. The van der Waals surface area contributed by atoms with Gasteiger partial charge in [0, 0.05) is 17.3 Å². The van der Waals surface area contributed by atoms with Gasteiger partial charge in [-0.15, -0.1) is 0 Å². The number of aromatic amines is 1. The van der Waals surface area contributed by atoms with E-state index in [0.29, 0.717) is 12.0 Å². The van der Waals surface area contributed by atoms with Gasteiger partial charge in [0.2, 0.25) is 0 Å². The molecule has 0 fully saturated rings. The molecule has 2 aromatic rings. The maximum Gasteiger partial charge on any atom is 0.355 e. The van der Waals surface area contributed by atoms with Crippen LogP contribution in [0.15, 0.2) is 24.3 Å². The van der Waals surface area contributed by atoms with Crippen LogP contribution in [0.25, 0.3) is 10.9 Å². The summed E-state index contributed by atoms with van der Waals surface area (Å²) in [7, 11) is 1.30. The minimum absolute atomic E-state index is 0.0668. The quantitative estimate of drug-likeness (QED) is 0.652. The number of H-pyrrole nitrogens is 1. The summed E-state index contributed by atoms with van der Waals surface area (Å²) in [6.45, 7) is 1.77. The topological polar surface area (TPSA) is 59.2 Å². The van der Waals surface area contributed by atoms with E-state index in [-0.39, 0.29) is 11.5 Å². The van der Waals surface area contributed by atoms with Crippen molar-refractivity contribution < 1.29 is 14.3 Å².